The van der Waals surface area contributed by atoms with Crippen molar-refractivity contribution in [3.63, 3.8) is 0 Å². The summed E-state index contributed by atoms with van der Waals surface area (Å²) in [6, 6.07) is 11.8. The van der Waals surface area contributed by atoms with Gasteiger partial charge in [-0.15, -0.1) is 15.0 Å². The zero-order valence-corrected chi connectivity index (χ0v) is 13.9. The molecule has 0 spiro atoms. The van der Waals surface area contributed by atoms with Gasteiger partial charge in [-0.3, -0.25) is 14.8 Å². The number of nitrogens with zero attached hydrogens (tertiary/aromatic N) is 3. The number of nitrogens with one attached hydrogen (secondary N) is 2. The molecule has 0 aliphatic heterocycles. The summed E-state index contributed by atoms with van der Waals surface area (Å²) in [6.07, 6.45) is 0. The Morgan fingerprint density at radius 1 is 1.11 bits per heavy atom. The third-order valence-corrected chi connectivity index (χ3v) is 3.66. The lowest BCUT2D eigenvalue weighted by Crippen LogP contribution is -2.24. The molecular weight excluding hydrogens is 355 g/mol. The molecule has 9 nitrogen and oxygen atoms in total. The summed E-state index contributed by atoms with van der Waals surface area (Å²) in [5.74, 6) is -1.74. The number of rotatable bonds is 5. The van der Waals surface area contributed by atoms with Gasteiger partial charge in [0.25, 0.3) is 11.8 Å². The highest BCUT2D eigenvalue weighted by atomic mass is 19.1. The van der Waals surface area contributed by atoms with Crippen LogP contribution in [0.5, 0.6) is 0 Å². The van der Waals surface area contributed by atoms with Gasteiger partial charge in [0, 0.05) is 18.2 Å². The summed E-state index contributed by atoms with van der Waals surface area (Å²) in [5.41, 5.74) is 8.51. The molecule has 10 heteroatoms. The Hall–Kier alpha value is -3.79. The highest BCUT2D eigenvalue weighted by Crippen LogP contribution is 2.12. The van der Waals surface area contributed by atoms with E-state index < -0.39 is 17.6 Å². The van der Waals surface area contributed by atoms with Crippen molar-refractivity contribution in [3.8, 4) is 5.69 Å². The summed E-state index contributed by atoms with van der Waals surface area (Å²) in [7, 11) is 0. The predicted molar refractivity (Wildman–Crippen MR) is 92.6 cm³/mol. The summed E-state index contributed by atoms with van der Waals surface area (Å²) < 4.78 is 13.3. The highest BCUT2D eigenvalue weighted by Gasteiger charge is 2.17. The second kappa shape index (κ2) is 7.62. The minimum absolute atomic E-state index is 0.0875. The van der Waals surface area contributed by atoms with Crippen LogP contribution in [0.25, 0.3) is 5.69 Å². The molecule has 0 radical (unpaired) electrons. The number of hydrogen-bond acceptors (Lipinski definition) is 6. The van der Waals surface area contributed by atoms with Gasteiger partial charge in [-0.25, -0.2) is 9.87 Å². The van der Waals surface area contributed by atoms with Gasteiger partial charge in [-0.2, -0.15) is 0 Å². The maximum atomic E-state index is 13.3. The minimum atomic E-state index is -0.632. The van der Waals surface area contributed by atoms with Crippen LogP contribution in [-0.4, -0.2) is 32.0 Å². The van der Waals surface area contributed by atoms with Crippen molar-refractivity contribution in [2.24, 2.45) is 0 Å². The van der Waals surface area contributed by atoms with Crippen molar-refractivity contribution in [1.82, 2.24) is 25.8 Å². The fraction of sp³-hybridized carbons (Fsp3) is 0.0588. The number of anilines is 1. The van der Waals surface area contributed by atoms with E-state index in [0.29, 0.717) is 11.3 Å². The molecule has 0 fully saturated rings. The zero-order valence-electron chi connectivity index (χ0n) is 13.9. The van der Waals surface area contributed by atoms with E-state index in [9.17, 15) is 14.0 Å². The van der Waals surface area contributed by atoms with E-state index in [-0.39, 0.29) is 23.6 Å². The average molecular weight is 370 g/mol. The van der Waals surface area contributed by atoms with Crippen LogP contribution in [-0.2, 0) is 6.54 Å². The Balaban J connectivity index is 1.69. The van der Waals surface area contributed by atoms with Gasteiger partial charge < -0.3 is 11.1 Å². The van der Waals surface area contributed by atoms with Gasteiger partial charge in [-0.05, 0) is 29.8 Å². The molecule has 27 heavy (non-hydrogen) atoms. The monoisotopic (exact) mass is 370 g/mol. The molecule has 0 saturated heterocycles. The number of nitrogens with two attached hydrogens (primary N) is 1. The lowest BCUT2D eigenvalue weighted by atomic mass is 10.1. The molecule has 1 heterocycles. The molecule has 0 aliphatic carbocycles. The molecule has 0 bridgehead atoms. The standard InChI is InChI=1S/C17H15FN6O3/c18-12-2-1-3-13(8-12)24-21-14(15(19)22-24)17(26)20-9-10-4-6-11(7-5-10)16(25)23-27/h1-8,27H,9H2,(H2,19,22)(H,20,26)(H,23,25). The molecule has 0 aliphatic rings. The predicted octanol–water partition coefficient (Wildman–Crippen LogP) is 1.04. The van der Waals surface area contributed by atoms with Crippen molar-refractivity contribution in [2.75, 3.05) is 5.73 Å². The lowest BCUT2D eigenvalue weighted by Gasteiger charge is -2.05. The second-order valence-corrected chi connectivity index (χ2v) is 5.52. The topological polar surface area (TPSA) is 135 Å². The highest BCUT2D eigenvalue weighted by molar-refractivity contribution is 5.96. The number of amides is 2. The van der Waals surface area contributed by atoms with Gasteiger partial charge >= 0.3 is 0 Å². The number of aromatic nitrogens is 3. The summed E-state index contributed by atoms with van der Waals surface area (Å²) in [5, 5.41) is 19.1. The van der Waals surface area contributed by atoms with Crippen LogP contribution >= 0.6 is 0 Å². The van der Waals surface area contributed by atoms with Crippen LogP contribution in [0.4, 0.5) is 10.2 Å². The van der Waals surface area contributed by atoms with Gasteiger partial charge in [0.05, 0.1) is 5.69 Å². The molecule has 2 amide bonds. The number of hydroxylamine groups is 1. The number of nitrogen functional groups attached to an aromatic ring is 1. The summed E-state index contributed by atoms with van der Waals surface area (Å²) in [4.78, 5) is 24.6. The quantitative estimate of drug-likeness (QED) is 0.391. The Bertz CT molecular complexity index is 987. The van der Waals surface area contributed by atoms with Gasteiger partial charge in [-0.1, -0.05) is 18.2 Å². The van der Waals surface area contributed by atoms with E-state index in [1.54, 1.807) is 18.2 Å². The van der Waals surface area contributed by atoms with E-state index in [2.05, 4.69) is 15.5 Å². The number of carbonyl (C=O) groups is 2. The lowest BCUT2D eigenvalue weighted by molar-refractivity contribution is 0.0706. The Kier molecular flexibility index (Phi) is 5.08. The van der Waals surface area contributed by atoms with Crippen LogP contribution < -0.4 is 16.5 Å². The van der Waals surface area contributed by atoms with Crippen molar-refractivity contribution < 1.29 is 19.2 Å². The first-order valence-electron chi connectivity index (χ1n) is 7.78. The maximum absolute atomic E-state index is 13.3. The first kappa shape index (κ1) is 18.0. The number of hydrogen-bond donors (Lipinski definition) is 4. The Morgan fingerprint density at radius 2 is 1.85 bits per heavy atom. The normalized spacial score (nSPS) is 10.4. The molecule has 2 aromatic carbocycles. The van der Waals surface area contributed by atoms with Crippen LogP contribution in [0.3, 0.4) is 0 Å². The SMILES string of the molecule is Nc1nn(-c2cccc(F)c2)nc1C(=O)NCc1ccc(C(=O)NO)cc1. The Labute approximate surface area is 152 Å². The van der Waals surface area contributed by atoms with Crippen molar-refractivity contribution in [2.45, 2.75) is 6.54 Å². The fourth-order valence-electron chi connectivity index (χ4n) is 2.30. The minimum Gasteiger partial charge on any atom is -0.380 e. The van der Waals surface area contributed by atoms with Gasteiger partial charge in [0.15, 0.2) is 11.5 Å². The van der Waals surface area contributed by atoms with Crippen molar-refractivity contribution >= 4 is 17.6 Å². The van der Waals surface area contributed by atoms with E-state index in [0.717, 1.165) is 4.80 Å². The Morgan fingerprint density at radius 3 is 2.52 bits per heavy atom. The fourth-order valence-corrected chi connectivity index (χ4v) is 2.30. The van der Waals surface area contributed by atoms with Crippen molar-refractivity contribution in [1.29, 1.82) is 0 Å². The third-order valence-electron chi connectivity index (χ3n) is 3.66. The summed E-state index contributed by atoms with van der Waals surface area (Å²) >= 11 is 0. The maximum Gasteiger partial charge on any atom is 0.275 e. The molecule has 3 rings (SSSR count). The van der Waals surface area contributed by atoms with Crippen LogP contribution in [0, 0.1) is 5.82 Å². The average Bonchev–Trinajstić information content (AvgIpc) is 3.08. The number of halogens is 1. The molecule has 1 aromatic heterocycles. The summed E-state index contributed by atoms with van der Waals surface area (Å²) in [6.45, 7) is 0.159. The van der Waals surface area contributed by atoms with Crippen LogP contribution in [0.2, 0.25) is 0 Å². The molecule has 3 aromatic rings. The first-order chi connectivity index (χ1) is 13.0. The van der Waals surface area contributed by atoms with E-state index >= 15 is 0 Å². The van der Waals surface area contributed by atoms with E-state index in [4.69, 9.17) is 10.9 Å². The van der Waals surface area contributed by atoms with Crippen LogP contribution in [0.1, 0.15) is 26.4 Å². The van der Waals surface area contributed by atoms with Crippen LogP contribution in [0.15, 0.2) is 48.5 Å². The van der Waals surface area contributed by atoms with E-state index in [1.165, 1.54) is 35.8 Å². The second-order valence-electron chi connectivity index (χ2n) is 5.52. The van der Waals surface area contributed by atoms with E-state index in [1.807, 2.05) is 0 Å². The van der Waals surface area contributed by atoms with Gasteiger partial charge in [0.1, 0.15) is 5.82 Å². The number of carbonyl (C=O) groups excluding carboxylic acids is 2. The molecule has 138 valence electrons. The molecule has 0 saturated carbocycles. The molecule has 5 N–H and O–H groups in total. The van der Waals surface area contributed by atoms with Gasteiger partial charge in [0.2, 0.25) is 0 Å². The smallest absolute Gasteiger partial charge is 0.275 e. The largest absolute Gasteiger partial charge is 0.380 e. The molecule has 0 unspecified atom stereocenters. The molecule has 0 atom stereocenters. The van der Waals surface area contributed by atoms with Crippen molar-refractivity contribution in [3.05, 3.63) is 71.2 Å². The third kappa shape index (κ3) is 4.07. The zero-order chi connectivity index (χ0) is 19.4. The first-order valence-corrected chi connectivity index (χ1v) is 7.78. The number of benzene rings is 2. The molecular formula is C17H15FN6O3.